The van der Waals surface area contributed by atoms with Crippen molar-refractivity contribution < 1.29 is 29.3 Å². The molecule has 38 heavy (non-hydrogen) atoms. The summed E-state index contributed by atoms with van der Waals surface area (Å²) in [5.41, 5.74) is 1.42. The molecule has 4 atom stereocenters. The van der Waals surface area contributed by atoms with Gasteiger partial charge < -0.3 is 24.6 Å². The van der Waals surface area contributed by atoms with Gasteiger partial charge in [0.2, 0.25) is 5.91 Å². The number of carbonyl (C=O) groups excluding carboxylic acids is 2. The Morgan fingerprint density at radius 3 is 2.68 bits per heavy atom. The first-order chi connectivity index (χ1) is 18.4. The van der Waals surface area contributed by atoms with E-state index in [1.807, 2.05) is 17.9 Å². The molecule has 4 fully saturated rings. The number of amides is 1. The molecular formula is C30H38N2O6. The number of carbonyl (C=O) groups is 2. The number of piperidine rings is 2. The van der Waals surface area contributed by atoms with Crippen LogP contribution >= 0.6 is 0 Å². The van der Waals surface area contributed by atoms with E-state index in [0.29, 0.717) is 51.1 Å². The quantitative estimate of drug-likeness (QED) is 0.453. The second kappa shape index (κ2) is 8.71. The number of nitrogens with zero attached hydrogens (tertiary/aromatic N) is 2. The van der Waals surface area contributed by atoms with Crippen molar-refractivity contribution >= 4 is 11.9 Å². The molecular weight excluding hydrogens is 484 g/mol. The van der Waals surface area contributed by atoms with Crippen molar-refractivity contribution in [1.29, 1.82) is 0 Å². The number of ether oxygens (including phenoxy) is 2. The molecule has 1 spiro atoms. The third-order valence-corrected chi connectivity index (χ3v) is 10.4. The van der Waals surface area contributed by atoms with Crippen LogP contribution in [0.5, 0.6) is 11.5 Å². The predicted octanol–water partition coefficient (Wildman–Crippen LogP) is 2.68. The fraction of sp³-hybridized carbons (Fsp3) is 0.667. The third kappa shape index (κ3) is 3.41. The van der Waals surface area contributed by atoms with E-state index in [1.165, 1.54) is 12.8 Å². The summed E-state index contributed by atoms with van der Waals surface area (Å²) in [6.45, 7) is 5.16. The standard InChI is InChI=1S/C30H38N2O6/c1-2-37-28(35)19-8-12-31(13-9-19)24(34)16-21-7-10-30(36)23-15-20-5-6-22(33)26-25(20)29(30,27(21)38-26)11-14-32(23)17-18-3-4-18/h5-6,16,18-19,23,27,33,36H,2-4,7-15,17H2,1H3/t23-,27+,29+,30-/m1/s1. The topological polar surface area (TPSA) is 99.5 Å². The van der Waals surface area contributed by atoms with E-state index in [9.17, 15) is 19.8 Å². The molecule has 0 aromatic heterocycles. The van der Waals surface area contributed by atoms with Gasteiger partial charge in [-0.3, -0.25) is 14.5 Å². The first-order valence-corrected chi connectivity index (χ1v) is 14.5. The molecule has 1 amide bonds. The average Bonchev–Trinajstić information content (AvgIpc) is 3.65. The van der Waals surface area contributed by atoms with Gasteiger partial charge in [0.1, 0.15) is 6.10 Å². The fourth-order valence-corrected chi connectivity index (χ4v) is 8.33. The lowest BCUT2D eigenvalue weighted by Gasteiger charge is -2.63. The molecule has 0 radical (unpaired) electrons. The zero-order valence-electron chi connectivity index (χ0n) is 22.2. The Balaban J connectivity index is 1.19. The molecule has 1 aromatic carbocycles. The predicted molar refractivity (Wildman–Crippen MR) is 139 cm³/mol. The maximum Gasteiger partial charge on any atom is 0.309 e. The first kappa shape index (κ1) is 24.5. The SMILES string of the molecule is CCOC(=O)C1CCN(C(=O)C=C2CC[C@@]3(O)[C@H]4Cc5ccc(O)c6c5[C@@]3(CCN4CC3CC3)[C@H]2O6)CC1. The molecule has 6 aliphatic rings. The molecule has 2 N–H and O–H groups in total. The van der Waals surface area contributed by atoms with E-state index in [4.69, 9.17) is 9.47 Å². The highest BCUT2D eigenvalue weighted by Crippen LogP contribution is 2.66. The number of esters is 1. The van der Waals surface area contributed by atoms with Crippen LogP contribution in [-0.4, -0.2) is 82.4 Å². The largest absolute Gasteiger partial charge is 0.504 e. The third-order valence-electron chi connectivity index (χ3n) is 10.4. The number of aromatic hydroxyl groups is 1. The molecule has 2 bridgehead atoms. The van der Waals surface area contributed by atoms with Crippen LogP contribution in [0.3, 0.4) is 0 Å². The Kier molecular flexibility index (Phi) is 5.61. The lowest BCUT2D eigenvalue weighted by Crippen LogP contribution is -2.75. The lowest BCUT2D eigenvalue weighted by molar-refractivity contribution is -0.174. The lowest BCUT2D eigenvalue weighted by atomic mass is 9.48. The van der Waals surface area contributed by atoms with Crippen LogP contribution in [0.25, 0.3) is 0 Å². The zero-order chi connectivity index (χ0) is 26.2. The van der Waals surface area contributed by atoms with Gasteiger partial charge in [-0.25, -0.2) is 0 Å². The summed E-state index contributed by atoms with van der Waals surface area (Å²) < 4.78 is 11.7. The van der Waals surface area contributed by atoms with Gasteiger partial charge in [0.25, 0.3) is 0 Å². The van der Waals surface area contributed by atoms with Crippen LogP contribution < -0.4 is 4.74 Å². The molecule has 2 saturated carbocycles. The number of hydrogen-bond acceptors (Lipinski definition) is 7. The van der Waals surface area contributed by atoms with Crippen LogP contribution in [0.4, 0.5) is 0 Å². The number of likely N-dealkylation sites (tertiary alicyclic amines) is 2. The summed E-state index contributed by atoms with van der Waals surface area (Å²) in [6, 6.07) is 3.74. The first-order valence-electron chi connectivity index (χ1n) is 14.5. The maximum absolute atomic E-state index is 13.4. The van der Waals surface area contributed by atoms with Crippen LogP contribution in [0.15, 0.2) is 23.8 Å². The van der Waals surface area contributed by atoms with E-state index < -0.39 is 17.1 Å². The van der Waals surface area contributed by atoms with Gasteiger partial charge in [-0.2, -0.15) is 0 Å². The van der Waals surface area contributed by atoms with E-state index in [2.05, 4.69) is 4.90 Å². The minimum atomic E-state index is -0.963. The molecule has 8 nitrogen and oxygen atoms in total. The van der Waals surface area contributed by atoms with Gasteiger partial charge in [-0.1, -0.05) is 6.07 Å². The highest BCUT2D eigenvalue weighted by atomic mass is 16.5. The molecule has 3 heterocycles. The number of hydrogen-bond donors (Lipinski definition) is 2. The van der Waals surface area contributed by atoms with Crippen molar-refractivity contribution in [3.63, 3.8) is 0 Å². The maximum atomic E-state index is 13.4. The fourth-order valence-electron chi connectivity index (χ4n) is 8.33. The summed E-state index contributed by atoms with van der Waals surface area (Å²) in [4.78, 5) is 29.9. The van der Waals surface area contributed by atoms with Crippen molar-refractivity contribution in [2.75, 3.05) is 32.8 Å². The van der Waals surface area contributed by atoms with Gasteiger partial charge >= 0.3 is 5.97 Å². The molecule has 3 aliphatic carbocycles. The Labute approximate surface area is 223 Å². The molecule has 7 rings (SSSR count). The number of phenolic OH excluding ortho intramolecular Hbond substituents is 1. The summed E-state index contributed by atoms with van der Waals surface area (Å²) >= 11 is 0. The summed E-state index contributed by atoms with van der Waals surface area (Å²) in [5.74, 6) is 0.966. The van der Waals surface area contributed by atoms with Gasteiger partial charge in [-0.15, -0.1) is 0 Å². The van der Waals surface area contributed by atoms with E-state index in [0.717, 1.165) is 48.5 Å². The molecule has 2 saturated heterocycles. The van der Waals surface area contributed by atoms with Crippen molar-refractivity contribution in [1.82, 2.24) is 9.80 Å². The Morgan fingerprint density at radius 2 is 1.95 bits per heavy atom. The monoisotopic (exact) mass is 522 g/mol. The van der Waals surface area contributed by atoms with Crippen molar-refractivity contribution in [3.05, 3.63) is 34.9 Å². The smallest absolute Gasteiger partial charge is 0.309 e. The van der Waals surface area contributed by atoms with E-state index in [-0.39, 0.29) is 29.6 Å². The van der Waals surface area contributed by atoms with Gasteiger partial charge in [0, 0.05) is 37.3 Å². The Morgan fingerprint density at radius 1 is 1.16 bits per heavy atom. The second-order valence-electron chi connectivity index (χ2n) is 12.3. The number of phenols is 1. The molecule has 3 aliphatic heterocycles. The second-order valence-corrected chi connectivity index (χ2v) is 12.3. The van der Waals surface area contributed by atoms with Crippen LogP contribution in [0, 0.1) is 11.8 Å². The number of rotatable bonds is 5. The summed E-state index contributed by atoms with van der Waals surface area (Å²) in [5, 5.41) is 23.4. The summed E-state index contributed by atoms with van der Waals surface area (Å²) in [6.07, 6.45) is 7.72. The summed E-state index contributed by atoms with van der Waals surface area (Å²) in [7, 11) is 0. The van der Waals surface area contributed by atoms with Crippen LogP contribution in [0.1, 0.15) is 63.0 Å². The Hall–Kier alpha value is -2.58. The number of benzene rings is 1. The van der Waals surface area contributed by atoms with Crippen LogP contribution in [-0.2, 0) is 26.2 Å². The molecule has 0 unspecified atom stereocenters. The van der Waals surface area contributed by atoms with Crippen molar-refractivity contribution in [2.24, 2.45) is 11.8 Å². The van der Waals surface area contributed by atoms with Gasteiger partial charge in [0.15, 0.2) is 11.5 Å². The normalized spacial score (nSPS) is 35.1. The van der Waals surface area contributed by atoms with Crippen molar-refractivity contribution in [3.8, 4) is 11.5 Å². The highest BCUT2D eigenvalue weighted by molar-refractivity contribution is 5.89. The van der Waals surface area contributed by atoms with E-state index >= 15 is 0 Å². The Bertz CT molecular complexity index is 1200. The number of aliphatic hydroxyl groups is 1. The van der Waals surface area contributed by atoms with Crippen LogP contribution in [0.2, 0.25) is 0 Å². The molecule has 204 valence electrons. The zero-order valence-corrected chi connectivity index (χ0v) is 22.2. The van der Waals surface area contributed by atoms with Gasteiger partial charge in [-0.05, 0) is 88.0 Å². The average molecular weight is 523 g/mol. The minimum absolute atomic E-state index is 0.0186. The molecule has 1 aromatic rings. The van der Waals surface area contributed by atoms with E-state index in [1.54, 1.807) is 12.1 Å². The highest BCUT2D eigenvalue weighted by Gasteiger charge is 2.72. The minimum Gasteiger partial charge on any atom is -0.504 e. The van der Waals surface area contributed by atoms with Gasteiger partial charge in [0.05, 0.1) is 23.5 Å². The molecule has 8 heteroatoms. The van der Waals surface area contributed by atoms with Crippen molar-refractivity contribution in [2.45, 2.75) is 81.5 Å².